The molecule has 0 saturated carbocycles. The van der Waals surface area contributed by atoms with Crippen LogP contribution in [0.15, 0.2) is 72.8 Å². The van der Waals surface area contributed by atoms with Crippen LogP contribution in [0.2, 0.25) is 5.02 Å². The van der Waals surface area contributed by atoms with Crippen molar-refractivity contribution in [2.45, 2.75) is 45.2 Å². The topological polar surface area (TPSA) is 105 Å². The molecule has 1 atom stereocenters. The second-order valence-corrected chi connectivity index (χ2v) is 12.5. The number of ether oxygens (including phenoxy) is 2. The minimum atomic E-state index is -3.65. The fraction of sp³-hybridized carbons (Fsp3) is 0.355. The van der Waals surface area contributed by atoms with Gasteiger partial charge in [0, 0.05) is 43.6 Å². The Morgan fingerprint density at radius 2 is 1.71 bits per heavy atom. The Morgan fingerprint density at radius 1 is 0.976 bits per heavy atom. The fourth-order valence-corrected chi connectivity index (χ4v) is 5.97. The molecule has 1 heterocycles. The summed E-state index contributed by atoms with van der Waals surface area (Å²) in [5, 5.41) is 3.48. The minimum absolute atomic E-state index is 0.0312. The lowest BCUT2D eigenvalue weighted by Gasteiger charge is -2.32. The first-order valence-corrected chi connectivity index (χ1v) is 16.1. The third-order valence-corrected chi connectivity index (χ3v) is 8.29. The molecule has 1 N–H and O–H groups in total. The molecular weight excluding hydrogens is 578 g/mol. The molecule has 42 heavy (non-hydrogen) atoms. The van der Waals surface area contributed by atoms with Crippen LogP contribution in [-0.4, -0.2) is 57.3 Å². The fourth-order valence-electron chi connectivity index (χ4n) is 4.80. The first-order chi connectivity index (χ1) is 20.2. The number of anilines is 1. The molecule has 0 aromatic heterocycles. The highest BCUT2D eigenvalue weighted by molar-refractivity contribution is 7.92. The summed E-state index contributed by atoms with van der Waals surface area (Å²) in [4.78, 5) is 28.9. The second kappa shape index (κ2) is 14.4. The highest BCUT2D eigenvalue weighted by Crippen LogP contribution is 2.36. The molecule has 0 unspecified atom stereocenters. The van der Waals surface area contributed by atoms with Gasteiger partial charge in [0.15, 0.2) is 11.5 Å². The van der Waals surface area contributed by atoms with Crippen molar-refractivity contribution in [1.29, 1.82) is 0 Å². The number of carbonyl (C=O) groups excluding carboxylic acids is 2. The van der Waals surface area contributed by atoms with Crippen molar-refractivity contribution in [3.63, 3.8) is 0 Å². The number of fused-ring (bicyclic) bond motifs is 1. The Labute approximate surface area is 252 Å². The van der Waals surface area contributed by atoms with Gasteiger partial charge in [0.2, 0.25) is 28.6 Å². The van der Waals surface area contributed by atoms with Gasteiger partial charge in [-0.2, -0.15) is 0 Å². The van der Waals surface area contributed by atoms with Crippen molar-refractivity contribution in [2.75, 3.05) is 30.4 Å². The maximum Gasteiger partial charge on any atom is 0.243 e. The summed E-state index contributed by atoms with van der Waals surface area (Å²) in [6, 6.07) is 20.9. The number of halogens is 1. The molecule has 0 aliphatic carbocycles. The van der Waals surface area contributed by atoms with E-state index >= 15 is 0 Å². The van der Waals surface area contributed by atoms with E-state index in [1.165, 1.54) is 4.31 Å². The summed E-state index contributed by atoms with van der Waals surface area (Å²) in [7, 11) is -3.65. The number of benzene rings is 3. The van der Waals surface area contributed by atoms with Crippen LogP contribution in [0, 0.1) is 0 Å². The van der Waals surface area contributed by atoms with E-state index in [0.29, 0.717) is 35.2 Å². The number of amides is 2. The van der Waals surface area contributed by atoms with Gasteiger partial charge in [0.25, 0.3) is 0 Å². The minimum Gasteiger partial charge on any atom is -0.454 e. The van der Waals surface area contributed by atoms with Crippen molar-refractivity contribution in [3.05, 3.63) is 88.9 Å². The van der Waals surface area contributed by atoms with Crippen LogP contribution in [0.3, 0.4) is 0 Å². The molecule has 1 aliphatic rings. The second-order valence-electron chi connectivity index (χ2n) is 10.1. The Kier molecular flexibility index (Phi) is 10.7. The van der Waals surface area contributed by atoms with E-state index < -0.39 is 16.1 Å². The van der Waals surface area contributed by atoms with Crippen LogP contribution in [0.25, 0.3) is 0 Å². The summed E-state index contributed by atoms with van der Waals surface area (Å²) in [6.45, 7) is 2.77. The molecule has 0 saturated heterocycles. The van der Waals surface area contributed by atoms with Gasteiger partial charge >= 0.3 is 0 Å². The predicted octanol–water partition coefficient (Wildman–Crippen LogP) is 4.78. The van der Waals surface area contributed by atoms with Gasteiger partial charge < -0.3 is 19.7 Å². The number of sulfonamides is 1. The molecule has 224 valence electrons. The highest BCUT2D eigenvalue weighted by Gasteiger charge is 2.30. The normalized spacial score (nSPS) is 12.9. The van der Waals surface area contributed by atoms with E-state index in [1.807, 2.05) is 43.3 Å². The lowest BCUT2D eigenvalue weighted by Crippen LogP contribution is -2.50. The Hall–Kier alpha value is -3.76. The van der Waals surface area contributed by atoms with Crippen LogP contribution >= 0.6 is 11.6 Å². The van der Waals surface area contributed by atoms with Gasteiger partial charge in [-0.1, -0.05) is 61.0 Å². The number of rotatable bonds is 14. The molecule has 2 amide bonds. The zero-order chi connectivity index (χ0) is 30.1. The first-order valence-electron chi connectivity index (χ1n) is 13.9. The van der Waals surface area contributed by atoms with Crippen LogP contribution in [0.1, 0.15) is 37.3 Å². The standard InChI is InChI=1S/C31H36ClN3O6S/c1-3-16-33-31(37)27(19-23-9-5-4-6-10-23)34(21-24-11-7-12-25(32)18-24)30(36)13-8-17-35(42(2,38)39)26-14-15-28-29(20-26)41-22-40-28/h4-7,9-12,14-15,18,20,27H,3,8,13,16-17,19,21-22H2,1-2H3,(H,33,37)/t27-/m1/s1. The number of hydrogen-bond acceptors (Lipinski definition) is 6. The summed E-state index contributed by atoms with van der Waals surface area (Å²) in [5.41, 5.74) is 2.13. The molecule has 0 radical (unpaired) electrons. The lowest BCUT2D eigenvalue weighted by molar-refractivity contribution is -0.141. The third kappa shape index (κ3) is 8.39. The molecule has 11 heteroatoms. The van der Waals surface area contributed by atoms with E-state index in [9.17, 15) is 18.0 Å². The summed E-state index contributed by atoms with van der Waals surface area (Å²) in [5.74, 6) is 0.507. The van der Waals surface area contributed by atoms with Gasteiger partial charge in [-0.15, -0.1) is 0 Å². The average Bonchev–Trinajstić information content (AvgIpc) is 3.44. The molecule has 3 aromatic carbocycles. The molecule has 4 rings (SSSR count). The van der Waals surface area contributed by atoms with Crippen molar-refractivity contribution in [2.24, 2.45) is 0 Å². The maximum atomic E-state index is 13.9. The van der Waals surface area contributed by atoms with E-state index in [0.717, 1.165) is 23.8 Å². The van der Waals surface area contributed by atoms with Crippen molar-refractivity contribution < 1.29 is 27.5 Å². The van der Waals surface area contributed by atoms with Crippen molar-refractivity contribution >= 4 is 39.1 Å². The summed E-state index contributed by atoms with van der Waals surface area (Å²) in [6.07, 6.45) is 2.48. The molecule has 0 fully saturated rings. The zero-order valence-corrected chi connectivity index (χ0v) is 25.4. The van der Waals surface area contributed by atoms with Crippen LogP contribution in [0.5, 0.6) is 11.5 Å². The maximum absolute atomic E-state index is 13.9. The van der Waals surface area contributed by atoms with Gasteiger partial charge in [0.1, 0.15) is 6.04 Å². The molecule has 9 nitrogen and oxygen atoms in total. The monoisotopic (exact) mass is 613 g/mol. The number of nitrogens with one attached hydrogen (secondary N) is 1. The van der Waals surface area contributed by atoms with E-state index in [2.05, 4.69) is 5.32 Å². The quantitative estimate of drug-likeness (QED) is 0.281. The number of hydrogen-bond donors (Lipinski definition) is 1. The van der Waals surface area contributed by atoms with Crippen molar-refractivity contribution in [1.82, 2.24) is 10.2 Å². The van der Waals surface area contributed by atoms with Crippen LogP contribution < -0.4 is 19.1 Å². The Balaban J connectivity index is 1.56. The average molecular weight is 614 g/mol. The highest BCUT2D eigenvalue weighted by atomic mass is 35.5. The van der Waals surface area contributed by atoms with E-state index in [1.54, 1.807) is 41.3 Å². The Bertz CT molecular complexity index is 1480. The molecule has 0 bridgehead atoms. The van der Waals surface area contributed by atoms with Crippen LogP contribution in [0.4, 0.5) is 5.69 Å². The van der Waals surface area contributed by atoms with Crippen molar-refractivity contribution in [3.8, 4) is 11.5 Å². The van der Waals surface area contributed by atoms with Gasteiger partial charge in [0.05, 0.1) is 11.9 Å². The number of carbonyl (C=O) groups is 2. The van der Waals surface area contributed by atoms with Gasteiger partial charge in [-0.05, 0) is 48.2 Å². The Morgan fingerprint density at radius 3 is 2.43 bits per heavy atom. The molecule has 0 spiro atoms. The summed E-state index contributed by atoms with van der Waals surface area (Å²) >= 11 is 6.24. The molecule has 1 aliphatic heterocycles. The van der Waals surface area contributed by atoms with Gasteiger partial charge in [-0.3, -0.25) is 13.9 Å². The third-order valence-electron chi connectivity index (χ3n) is 6.86. The van der Waals surface area contributed by atoms with E-state index in [-0.39, 0.29) is 44.5 Å². The lowest BCUT2D eigenvalue weighted by atomic mass is 10.0. The predicted molar refractivity (Wildman–Crippen MR) is 163 cm³/mol. The molecule has 3 aromatic rings. The van der Waals surface area contributed by atoms with E-state index in [4.69, 9.17) is 21.1 Å². The molecular formula is C31H36ClN3O6S. The number of nitrogens with zero attached hydrogens (tertiary/aromatic N) is 2. The SMILES string of the molecule is CCCNC(=O)[C@@H](Cc1ccccc1)N(Cc1cccc(Cl)c1)C(=O)CCCN(c1ccc2c(c1)OCO2)S(C)(=O)=O. The zero-order valence-electron chi connectivity index (χ0n) is 23.8. The largest absolute Gasteiger partial charge is 0.454 e. The first kappa shape index (κ1) is 31.2. The smallest absolute Gasteiger partial charge is 0.243 e. The van der Waals surface area contributed by atoms with Gasteiger partial charge in [-0.25, -0.2) is 8.42 Å². The summed E-state index contributed by atoms with van der Waals surface area (Å²) < 4.78 is 37.4. The van der Waals surface area contributed by atoms with Crippen LogP contribution in [-0.2, 0) is 32.6 Å².